The molecule has 1 aliphatic rings. The molecule has 0 N–H and O–H groups in total. The Morgan fingerprint density at radius 3 is 2.14 bits per heavy atom. The van der Waals surface area contributed by atoms with Crippen LogP contribution in [0, 0.1) is 0 Å². The Morgan fingerprint density at radius 1 is 0.857 bits per heavy atom. The maximum Gasteiger partial charge on any atom is -0.00820 e. The summed E-state index contributed by atoms with van der Waals surface area (Å²) in [4.78, 5) is 0. The molecule has 0 spiro atoms. The minimum atomic E-state index is 0.567. The zero-order chi connectivity index (χ0) is 15.0. The van der Waals surface area contributed by atoms with E-state index in [-0.39, 0.29) is 0 Å². The number of rotatable bonds is 3. The Balaban J connectivity index is 2.17. The number of benzene rings is 2. The van der Waals surface area contributed by atoms with Crippen LogP contribution in [0.4, 0.5) is 0 Å². The van der Waals surface area contributed by atoms with Crippen LogP contribution in [0.5, 0.6) is 0 Å². The third-order valence-corrected chi connectivity index (χ3v) is 4.45. The Labute approximate surface area is 128 Å². The van der Waals surface area contributed by atoms with Crippen LogP contribution < -0.4 is 0 Å². The van der Waals surface area contributed by atoms with Crippen molar-refractivity contribution < 1.29 is 0 Å². The normalized spacial score (nSPS) is 13.2. The number of hydrogen-bond donors (Lipinski definition) is 0. The molecule has 2 aromatic rings. The molecule has 0 unspecified atom stereocenters. The molecule has 108 valence electrons. The summed E-state index contributed by atoms with van der Waals surface area (Å²) in [5.41, 5.74) is 8.54. The minimum Gasteiger partial charge on any atom is -0.0795 e. The van der Waals surface area contributed by atoms with Gasteiger partial charge in [-0.15, -0.1) is 0 Å². The molecule has 0 heterocycles. The van der Waals surface area contributed by atoms with Crippen molar-refractivity contribution in [3.05, 3.63) is 64.7 Å². The number of hydrogen-bond acceptors (Lipinski definition) is 0. The summed E-state index contributed by atoms with van der Waals surface area (Å²) < 4.78 is 0. The van der Waals surface area contributed by atoms with Gasteiger partial charge in [0.15, 0.2) is 0 Å². The lowest BCUT2D eigenvalue weighted by atomic mass is 9.88. The minimum absolute atomic E-state index is 0.567. The van der Waals surface area contributed by atoms with E-state index in [1.165, 1.54) is 33.4 Å². The van der Waals surface area contributed by atoms with E-state index in [9.17, 15) is 0 Å². The van der Waals surface area contributed by atoms with Crippen LogP contribution in [-0.4, -0.2) is 0 Å². The molecular weight excluding hydrogens is 252 g/mol. The molecule has 3 rings (SSSR count). The fourth-order valence-corrected chi connectivity index (χ4v) is 3.06. The molecule has 0 bridgehead atoms. The van der Waals surface area contributed by atoms with Gasteiger partial charge in [-0.3, -0.25) is 0 Å². The molecule has 0 saturated carbocycles. The molecule has 0 aliphatic heterocycles. The first-order valence-electron chi connectivity index (χ1n) is 8.00. The zero-order valence-corrected chi connectivity index (χ0v) is 13.5. The monoisotopic (exact) mass is 276 g/mol. The van der Waals surface area contributed by atoms with Gasteiger partial charge in [0.05, 0.1) is 0 Å². The fraction of sp³-hybridized carbons (Fsp3) is 0.333. The SMILES string of the molecule is CC(C)c1cc(-c2cccc3c2CC=C3)cc(C(C)C)c1. The van der Waals surface area contributed by atoms with Gasteiger partial charge in [-0.05, 0) is 51.6 Å². The predicted molar refractivity (Wildman–Crippen MR) is 92.8 cm³/mol. The van der Waals surface area contributed by atoms with E-state index in [0.717, 1.165) is 6.42 Å². The van der Waals surface area contributed by atoms with Crippen molar-refractivity contribution in [1.29, 1.82) is 0 Å². The first-order chi connectivity index (χ1) is 10.1. The van der Waals surface area contributed by atoms with Gasteiger partial charge in [0.25, 0.3) is 0 Å². The van der Waals surface area contributed by atoms with E-state index < -0.39 is 0 Å². The molecule has 0 nitrogen and oxygen atoms in total. The highest BCUT2D eigenvalue weighted by molar-refractivity contribution is 5.76. The van der Waals surface area contributed by atoms with Crippen LogP contribution in [0.3, 0.4) is 0 Å². The van der Waals surface area contributed by atoms with Gasteiger partial charge in [0.1, 0.15) is 0 Å². The van der Waals surface area contributed by atoms with Gasteiger partial charge in [0.2, 0.25) is 0 Å². The predicted octanol–water partition coefficient (Wildman–Crippen LogP) is 6.17. The van der Waals surface area contributed by atoms with Gasteiger partial charge in [-0.2, -0.15) is 0 Å². The van der Waals surface area contributed by atoms with Gasteiger partial charge >= 0.3 is 0 Å². The molecule has 21 heavy (non-hydrogen) atoms. The Bertz CT molecular complexity index is 661. The van der Waals surface area contributed by atoms with Crippen molar-refractivity contribution in [2.45, 2.75) is 46.0 Å². The third kappa shape index (κ3) is 2.68. The number of fused-ring (bicyclic) bond motifs is 1. The van der Waals surface area contributed by atoms with E-state index in [0.29, 0.717) is 11.8 Å². The maximum atomic E-state index is 2.38. The van der Waals surface area contributed by atoms with Crippen LogP contribution in [0.2, 0.25) is 0 Å². The van der Waals surface area contributed by atoms with Crippen molar-refractivity contribution in [3.8, 4) is 11.1 Å². The Kier molecular flexibility index (Phi) is 3.71. The average molecular weight is 276 g/mol. The third-order valence-electron chi connectivity index (χ3n) is 4.45. The maximum absolute atomic E-state index is 2.38. The van der Waals surface area contributed by atoms with Crippen LogP contribution >= 0.6 is 0 Å². The van der Waals surface area contributed by atoms with Gasteiger partial charge < -0.3 is 0 Å². The molecule has 2 aromatic carbocycles. The topological polar surface area (TPSA) is 0 Å². The van der Waals surface area contributed by atoms with E-state index in [2.05, 4.69) is 76.2 Å². The Hall–Kier alpha value is -1.82. The summed E-state index contributed by atoms with van der Waals surface area (Å²) in [5.74, 6) is 1.13. The van der Waals surface area contributed by atoms with Gasteiger partial charge in [-0.1, -0.05) is 76.2 Å². The van der Waals surface area contributed by atoms with Crippen molar-refractivity contribution >= 4 is 6.08 Å². The summed E-state index contributed by atoms with van der Waals surface area (Å²) in [6.07, 6.45) is 5.58. The standard InChI is InChI=1S/C21H24/c1-14(2)17-11-18(15(3)4)13-19(12-17)21-10-6-8-16-7-5-9-20(16)21/h5-8,10-15H,9H2,1-4H3. The summed E-state index contributed by atoms with van der Waals surface area (Å²) in [6, 6.07) is 13.8. The lowest BCUT2D eigenvalue weighted by Crippen LogP contribution is -1.96. The summed E-state index contributed by atoms with van der Waals surface area (Å²) >= 11 is 0. The molecule has 0 radical (unpaired) electrons. The fourth-order valence-electron chi connectivity index (χ4n) is 3.06. The molecule has 0 atom stereocenters. The summed E-state index contributed by atoms with van der Waals surface area (Å²) in [5, 5.41) is 0. The van der Waals surface area contributed by atoms with Crippen LogP contribution in [0.25, 0.3) is 17.2 Å². The molecule has 0 amide bonds. The van der Waals surface area contributed by atoms with Gasteiger partial charge in [0, 0.05) is 0 Å². The van der Waals surface area contributed by atoms with Crippen molar-refractivity contribution in [2.75, 3.05) is 0 Å². The molecule has 0 aromatic heterocycles. The summed E-state index contributed by atoms with van der Waals surface area (Å²) in [6.45, 7) is 9.11. The molecule has 0 heteroatoms. The molecule has 1 aliphatic carbocycles. The number of allylic oxidation sites excluding steroid dienone is 1. The highest BCUT2D eigenvalue weighted by Crippen LogP contribution is 2.34. The smallest absolute Gasteiger partial charge is 0.00820 e. The van der Waals surface area contributed by atoms with E-state index in [4.69, 9.17) is 0 Å². The van der Waals surface area contributed by atoms with Crippen molar-refractivity contribution in [1.82, 2.24) is 0 Å². The van der Waals surface area contributed by atoms with Crippen LogP contribution in [0.15, 0.2) is 42.5 Å². The Morgan fingerprint density at radius 2 is 1.52 bits per heavy atom. The quantitative estimate of drug-likeness (QED) is 0.629. The first kappa shape index (κ1) is 14.1. The van der Waals surface area contributed by atoms with E-state index in [1.807, 2.05) is 0 Å². The highest BCUT2D eigenvalue weighted by atomic mass is 14.2. The zero-order valence-electron chi connectivity index (χ0n) is 13.5. The van der Waals surface area contributed by atoms with E-state index in [1.54, 1.807) is 0 Å². The largest absolute Gasteiger partial charge is 0.0795 e. The second-order valence-corrected chi connectivity index (χ2v) is 6.68. The molecule has 0 fully saturated rings. The molecular formula is C21H24. The van der Waals surface area contributed by atoms with E-state index >= 15 is 0 Å². The van der Waals surface area contributed by atoms with Gasteiger partial charge in [-0.25, -0.2) is 0 Å². The lowest BCUT2D eigenvalue weighted by Gasteiger charge is -2.16. The molecule has 0 saturated heterocycles. The van der Waals surface area contributed by atoms with Crippen LogP contribution in [-0.2, 0) is 6.42 Å². The lowest BCUT2D eigenvalue weighted by molar-refractivity contribution is 0.834. The van der Waals surface area contributed by atoms with Crippen molar-refractivity contribution in [2.24, 2.45) is 0 Å². The highest BCUT2D eigenvalue weighted by Gasteiger charge is 2.14. The van der Waals surface area contributed by atoms with Crippen molar-refractivity contribution in [3.63, 3.8) is 0 Å². The first-order valence-corrected chi connectivity index (χ1v) is 8.00. The second kappa shape index (κ2) is 5.52. The van der Waals surface area contributed by atoms with Crippen LogP contribution in [0.1, 0.15) is 61.8 Å². The second-order valence-electron chi connectivity index (χ2n) is 6.68. The average Bonchev–Trinajstić information content (AvgIpc) is 2.94. The summed E-state index contributed by atoms with van der Waals surface area (Å²) in [7, 11) is 0.